The summed E-state index contributed by atoms with van der Waals surface area (Å²) in [6.45, 7) is 1.76. The summed E-state index contributed by atoms with van der Waals surface area (Å²) in [4.78, 5) is 12.0. The van der Waals surface area contributed by atoms with Crippen LogP contribution in [0, 0.1) is 0 Å². The fourth-order valence-corrected chi connectivity index (χ4v) is 1.64. The summed E-state index contributed by atoms with van der Waals surface area (Å²) in [6, 6.07) is 3.48. The number of phenolic OH excluding ortho intramolecular Hbond substituents is 2. The summed E-state index contributed by atoms with van der Waals surface area (Å²) < 4.78 is 0. The highest BCUT2D eigenvalue weighted by atomic mass is 32.1. The molecule has 0 radical (unpaired) electrons. The van der Waals surface area contributed by atoms with Crippen LogP contribution >= 0.6 is 12.2 Å². The Kier molecular flexibility index (Phi) is 4.28. The lowest BCUT2D eigenvalue weighted by molar-refractivity contribution is 0.0940. The van der Waals surface area contributed by atoms with Crippen molar-refractivity contribution in [3.8, 4) is 11.5 Å². The smallest absolute Gasteiger partial charge is 0.251 e. The molecule has 1 unspecified atom stereocenters. The van der Waals surface area contributed by atoms with Gasteiger partial charge in [0, 0.05) is 24.1 Å². The van der Waals surface area contributed by atoms with Gasteiger partial charge in [-0.2, -0.15) is 0 Å². The molecule has 0 saturated carbocycles. The van der Waals surface area contributed by atoms with Crippen molar-refractivity contribution < 1.29 is 15.0 Å². The van der Waals surface area contributed by atoms with E-state index in [-0.39, 0.29) is 23.1 Å². The van der Waals surface area contributed by atoms with E-state index in [1.807, 2.05) is 0 Å². The molecular formula is C11H14N2O3S. The van der Waals surface area contributed by atoms with Gasteiger partial charge in [0.2, 0.25) is 0 Å². The van der Waals surface area contributed by atoms with E-state index in [1.165, 1.54) is 12.1 Å². The van der Waals surface area contributed by atoms with Gasteiger partial charge < -0.3 is 21.3 Å². The highest BCUT2D eigenvalue weighted by molar-refractivity contribution is 7.80. The molecule has 0 fully saturated rings. The minimum absolute atomic E-state index is 0.169. The number of hydrogen-bond donors (Lipinski definition) is 4. The van der Waals surface area contributed by atoms with Gasteiger partial charge in [0.05, 0.1) is 4.99 Å². The van der Waals surface area contributed by atoms with Gasteiger partial charge in [0.1, 0.15) is 11.5 Å². The highest BCUT2D eigenvalue weighted by Crippen LogP contribution is 2.20. The lowest BCUT2D eigenvalue weighted by atomic mass is 10.1. The molecule has 0 aliphatic carbocycles. The molecule has 92 valence electrons. The summed E-state index contributed by atoms with van der Waals surface area (Å²) in [5, 5.41) is 21.1. The van der Waals surface area contributed by atoms with Crippen LogP contribution in [0.3, 0.4) is 0 Å². The van der Waals surface area contributed by atoms with Crippen LogP contribution < -0.4 is 11.1 Å². The third-order valence-corrected chi connectivity index (χ3v) is 2.22. The average Bonchev–Trinajstić information content (AvgIpc) is 2.14. The number of carbonyl (C=O) groups is 1. The molecule has 0 heterocycles. The van der Waals surface area contributed by atoms with Crippen LogP contribution in [-0.2, 0) is 0 Å². The Morgan fingerprint density at radius 3 is 2.41 bits per heavy atom. The van der Waals surface area contributed by atoms with Gasteiger partial charge in [-0.1, -0.05) is 12.2 Å². The first kappa shape index (κ1) is 13.2. The maximum atomic E-state index is 11.7. The maximum Gasteiger partial charge on any atom is 0.251 e. The first-order valence-corrected chi connectivity index (χ1v) is 5.41. The van der Waals surface area contributed by atoms with Gasteiger partial charge in [0.25, 0.3) is 5.91 Å². The average molecular weight is 254 g/mol. The Balaban J connectivity index is 2.72. The second-order valence-electron chi connectivity index (χ2n) is 3.78. The fourth-order valence-electron chi connectivity index (χ4n) is 1.39. The molecule has 1 atom stereocenters. The van der Waals surface area contributed by atoms with E-state index < -0.39 is 5.91 Å². The lowest BCUT2D eigenvalue weighted by Gasteiger charge is -2.13. The largest absolute Gasteiger partial charge is 0.508 e. The van der Waals surface area contributed by atoms with Gasteiger partial charge in [-0.25, -0.2) is 0 Å². The second kappa shape index (κ2) is 5.49. The van der Waals surface area contributed by atoms with Crippen LogP contribution in [0.25, 0.3) is 0 Å². The summed E-state index contributed by atoms with van der Waals surface area (Å²) in [7, 11) is 0. The molecule has 0 bridgehead atoms. The SMILES string of the molecule is CC(CC(N)=S)NC(=O)c1cc(O)cc(O)c1. The van der Waals surface area contributed by atoms with Crippen molar-refractivity contribution >= 4 is 23.1 Å². The number of nitrogens with one attached hydrogen (secondary N) is 1. The topological polar surface area (TPSA) is 95.6 Å². The number of benzene rings is 1. The van der Waals surface area contributed by atoms with Crippen molar-refractivity contribution in [1.29, 1.82) is 0 Å². The summed E-state index contributed by atoms with van der Waals surface area (Å²) in [6.07, 6.45) is 0.395. The number of thiocarbonyl (C=S) groups is 1. The number of rotatable bonds is 4. The molecule has 1 aromatic rings. The van der Waals surface area contributed by atoms with Crippen LogP contribution in [0.4, 0.5) is 0 Å². The number of nitrogens with two attached hydrogens (primary N) is 1. The molecule has 1 aromatic carbocycles. The Labute approximate surface area is 104 Å². The van der Waals surface area contributed by atoms with Gasteiger partial charge in [-0.15, -0.1) is 0 Å². The molecule has 0 aliphatic heterocycles. The van der Waals surface area contributed by atoms with E-state index in [0.29, 0.717) is 11.4 Å². The minimum Gasteiger partial charge on any atom is -0.508 e. The quantitative estimate of drug-likeness (QED) is 0.599. The van der Waals surface area contributed by atoms with Gasteiger partial charge in [0.15, 0.2) is 0 Å². The van der Waals surface area contributed by atoms with E-state index in [1.54, 1.807) is 6.92 Å². The molecule has 5 nitrogen and oxygen atoms in total. The van der Waals surface area contributed by atoms with E-state index in [4.69, 9.17) is 18.0 Å². The Morgan fingerprint density at radius 2 is 1.94 bits per heavy atom. The molecule has 0 saturated heterocycles. The maximum absolute atomic E-state index is 11.7. The van der Waals surface area contributed by atoms with Crippen molar-refractivity contribution in [3.05, 3.63) is 23.8 Å². The van der Waals surface area contributed by atoms with Gasteiger partial charge in [-0.05, 0) is 19.1 Å². The van der Waals surface area contributed by atoms with Crippen LogP contribution in [0.5, 0.6) is 11.5 Å². The van der Waals surface area contributed by atoms with Crippen molar-refractivity contribution in [2.24, 2.45) is 5.73 Å². The number of carbonyl (C=O) groups excluding carboxylic acids is 1. The van der Waals surface area contributed by atoms with Crippen molar-refractivity contribution in [2.45, 2.75) is 19.4 Å². The zero-order chi connectivity index (χ0) is 13.0. The van der Waals surface area contributed by atoms with E-state index >= 15 is 0 Å². The molecule has 1 amide bonds. The highest BCUT2D eigenvalue weighted by Gasteiger charge is 2.12. The summed E-state index contributed by atoms with van der Waals surface area (Å²) in [5.41, 5.74) is 5.53. The number of aromatic hydroxyl groups is 2. The second-order valence-corrected chi connectivity index (χ2v) is 4.31. The standard InChI is InChI=1S/C11H14N2O3S/c1-6(2-10(12)17)13-11(16)7-3-8(14)5-9(15)4-7/h3-6,14-15H,2H2,1H3,(H2,12,17)(H,13,16). The predicted molar refractivity (Wildman–Crippen MR) is 68.1 cm³/mol. The monoisotopic (exact) mass is 254 g/mol. The fraction of sp³-hybridized carbons (Fsp3) is 0.273. The minimum atomic E-state index is -0.403. The van der Waals surface area contributed by atoms with Crippen LogP contribution in [-0.4, -0.2) is 27.2 Å². The molecule has 1 rings (SSSR count). The zero-order valence-corrected chi connectivity index (χ0v) is 10.1. The molecule has 0 aromatic heterocycles. The Hall–Kier alpha value is -1.82. The molecule has 17 heavy (non-hydrogen) atoms. The third kappa shape index (κ3) is 4.28. The van der Waals surface area contributed by atoms with E-state index in [0.717, 1.165) is 6.07 Å². The van der Waals surface area contributed by atoms with Crippen molar-refractivity contribution in [2.75, 3.05) is 0 Å². The molecule has 5 N–H and O–H groups in total. The summed E-state index contributed by atoms with van der Waals surface area (Å²) >= 11 is 4.73. The zero-order valence-electron chi connectivity index (χ0n) is 9.30. The molecule has 6 heteroatoms. The van der Waals surface area contributed by atoms with Crippen LogP contribution in [0.15, 0.2) is 18.2 Å². The Morgan fingerprint density at radius 1 is 1.41 bits per heavy atom. The number of hydrogen-bond acceptors (Lipinski definition) is 4. The van der Waals surface area contributed by atoms with E-state index in [9.17, 15) is 15.0 Å². The normalized spacial score (nSPS) is 11.8. The Bertz CT molecular complexity index is 428. The predicted octanol–water partition coefficient (Wildman–Crippen LogP) is 0.892. The van der Waals surface area contributed by atoms with Gasteiger partial charge in [-0.3, -0.25) is 4.79 Å². The van der Waals surface area contributed by atoms with E-state index in [2.05, 4.69) is 5.32 Å². The van der Waals surface area contributed by atoms with Crippen LogP contribution in [0.2, 0.25) is 0 Å². The summed E-state index contributed by atoms with van der Waals surface area (Å²) in [5.74, 6) is -0.741. The van der Waals surface area contributed by atoms with Crippen molar-refractivity contribution in [1.82, 2.24) is 5.32 Å². The van der Waals surface area contributed by atoms with Crippen molar-refractivity contribution in [3.63, 3.8) is 0 Å². The lowest BCUT2D eigenvalue weighted by Crippen LogP contribution is -2.35. The molecule has 0 aliphatic rings. The molecular weight excluding hydrogens is 240 g/mol. The number of amides is 1. The number of phenols is 2. The third-order valence-electron chi connectivity index (χ3n) is 2.05. The first-order chi connectivity index (χ1) is 7.88. The first-order valence-electron chi connectivity index (χ1n) is 5.00. The molecule has 0 spiro atoms. The van der Waals surface area contributed by atoms with Crippen LogP contribution in [0.1, 0.15) is 23.7 Å². The van der Waals surface area contributed by atoms with Gasteiger partial charge >= 0.3 is 0 Å².